The van der Waals surface area contributed by atoms with E-state index in [1.165, 1.54) is 12.1 Å². The zero-order chi connectivity index (χ0) is 19.1. The van der Waals surface area contributed by atoms with Crippen LogP contribution in [-0.4, -0.2) is 39.1 Å². The van der Waals surface area contributed by atoms with Crippen LogP contribution >= 0.6 is 0 Å². The van der Waals surface area contributed by atoms with Gasteiger partial charge < -0.3 is 10.1 Å². The van der Waals surface area contributed by atoms with Crippen molar-refractivity contribution in [3.63, 3.8) is 0 Å². The fourth-order valence-corrected chi connectivity index (χ4v) is 3.94. The number of nitrogens with zero attached hydrogens (tertiary/aromatic N) is 1. The van der Waals surface area contributed by atoms with Crippen molar-refractivity contribution in [2.75, 3.05) is 19.8 Å². The summed E-state index contributed by atoms with van der Waals surface area (Å²) in [6.45, 7) is 2.10. The number of nitrogens with one attached hydrogen (secondary N) is 2. The van der Waals surface area contributed by atoms with Gasteiger partial charge in [-0.3, -0.25) is 9.78 Å². The summed E-state index contributed by atoms with van der Waals surface area (Å²) >= 11 is 0. The second kappa shape index (κ2) is 9.07. The topological polar surface area (TPSA) is 97.4 Å². The van der Waals surface area contributed by atoms with Crippen molar-refractivity contribution < 1.29 is 17.9 Å². The van der Waals surface area contributed by atoms with Crippen LogP contribution in [0.3, 0.4) is 0 Å². The number of hydrogen-bond donors (Lipinski definition) is 2. The SMILES string of the molecule is O=C(NCC1CCCOC1)c1cccc(S(=O)(=O)NCc2ccncc2)c1. The van der Waals surface area contributed by atoms with Gasteiger partial charge in [-0.05, 0) is 54.7 Å². The number of amides is 1. The van der Waals surface area contributed by atoms with Crippen LogP contribution in [0.15, 0.2) is 53.7 Å². The molecular formula is C19H23N3O4S. The molecule has 1 saturated heterocycles. The maximum Gasteiger partial charge on any atom is 0.251 e. The standard InChI is InChI=1S/C19H23N3O4S/c23-19(21-12-16-3-2-10-26-14-16)17-4-1-5-18(11-17)27(24,25)22-13-15-6-8-20-9-7-15/h1,4-9,11,16,22H,2-3,10,12-14H2,(H,21,23). The molecule has 2 N–H and O–H groups in total. The molecule has 1 fully saturated rings. The number of rotatable bonds is 7. The van der Waals surface area contributed by atoms with Gasteiger partial charge in [-0.25, -0.2) is 13.1 Å². The summed E-state index contributed by atoms with van der Waals surface area (Å²) < 4.78 is 33.0. The number of benzene rings is 1. The number of ether oxygens (including phenoxy) is 1. The zero-order valence-corrected chi connectivity index (χ0v) is 15.7. The van der Waals surface area contributed by atoms with E-state index in [4.69, 9.17) is 4.74 Å². The molecule has 27 heavy (non-hydrogen) atoms. The van der Waals surface area contributed by atoms with Crippen LogP contribution in [0, 0.1) is 5.92 Å². The highest BCUT2D eigenvalue weighted by molar-refractivity contribution is 7.89. The molecule has 1 aromatic heterocycles. The van der Waals surface area contributed by atoms with E-state index in [0.29, 0.717) is 24.6 Å². The lowest BCUT2D eigenvalue weighted by Crippen LogP contribution is -2.33. The summed E-state index contributed by atoms with van der Waals surface area (Å²) in [6.07, 6.45) is 5.23. The molecule has 2 aromatic rings. The molecule has 1 atom stereocenters. The third kappa shape index (κ3) is 5.59. The zero-order valence-electron chi connectivity index (χ0n) is 14.9. The van der Waals surface area contributed by atoms with Crippen LogP contribution in [0.4, 0.5) is 0 Å². The Morgan fingerprint density at radius 3 is 2.78 bits per heavy atom. The van der Waals surface area contributed by atoms with Gasteiger partial charge in [0, 0.05) is 37.7 Å². The molecule has 0 spiro atoms. The first-order chi connectivity index (χ1) is 13.0. The van der Waals surface area contributed by atoms with E-state index < -0.39 is 10.0 Å². The molecule has 1 unspecified atom stereocenters. The van der Waals surface area contributed by atoms with E-state index in [2.05, 4.69) is 15.0 Å². The van der Waals surface area contributed by atoms with E-state index in [-0.39, 0.29) is 17.3 Å². The lowest BCUT2D eigenvalue weighted by molar-refractivity contribution is 0.0536. The summed E-state index contributed by atoms with van der Waals surface area (Å²) in [4.78, 5) is 16.3. The number of carbonyl (C=O) groups excluding carboxylic acids is 1. The number of carbonyl (C=O) groups is 1. The van der Waals surface area contributed by atoms with Gasteiger partial charge >= 0.3 is 0 Å². The fraction of sp³-hybridized carbons (Fsp3) is 0.368. The molecule has 1 amide bonds. The first kappa shape index (κ1) is 19.5. The maximum absolute atomic E-state index is 12.5. The highest BCUT2D eigenvalue weighted by Crippen LogP contribution is 2.14. The van der Waals surface area contributed by atoms with Crippen molar-refractivity contribution >= 4 is 15.9 Å². The molecule has 0 aliphatic carbocycles. The van der Waals surface area contributed by atoms with E-state index >= 15 is 0 Å². The average molecular weight is 389 g/mol. The monoisotopic (exact) mass is 389 g/mol. The van der Waals surface area contributed by atoms with Crippen molar-refractivity contribution in [1.82, 2.24) is 15.0 Å². The molecule has 1 aliphatic heterocycles. The van der Waals surface area contributed by atoms with Gasteiger partial charge in [0.15, 0.2) is 0 Å². The summed E-state index contributed by atoms with van der Waals surface area (Å²) in [6, 6.07) is 9.51. The van der Waals surface area contributed by atoms with Gasteiger partial charge in [0.05, 0.1) is 11.5 Å². The van der Waals surface area contributed by atoms with E-state index in [0.717, 1.165) is 25.0 Å². The largest absolute Gasteiger partial charge is 0.381 e. The van der Waals surface area contributed by atoms with Crippen LogP contribution in [-0.2, 0) is 21.3 Å². The minimum Gasteiger partial charge on any atom is -0.381 e. The second-order valence-corrected chi connectivity index (χ2v) is 8.27. The third-order valence-corrected chi connectivity index (χ3v) is 5.83. The molecule has 8 heteroatoms. The van der Waals surface area contributed by atoms with Crippen LogP contribution < -0.4 is 10.0 Å². The van der Waals surface area contributed by atoms with E-state index in [1.807, 2.05) is 0 Å². The normalized spacial score (nSPS) is 17.4. The Bertz CT molecular complexity index is 866. The van der Waals surface area contributed by atoms with Crippen molar-refractivity contribution in [3.8, 4) is 0 Å². The highest BCUT2D eigenvalue weighted by Gasteiger charge is 2.18. The predicted octanol–water partition coefficient (Wildman–Crippen LogP) is 1.72. The smallest absolute Gasteiger partial charge is 0.251 e. The molecule has 0 bridgehead atoms. The lowest BCUT2D eigenvalue weighted by Gasteiger charge is -2.22. The minimum atomic E-state index is -3.72. The van der Waals surface area contributed by atoms with Gasteiger partial charge in [-0.15, -0.1) is 0 Å². The molecule has 1 aliphatic rings. The van der Waals surface area contributed by atoms with Gasteiger partial charge in [0.2, 0.25) is 10.0 Å². The summed E-state index contributed by atoms with van der Waals surface area (Å²) in [5, 5.41) is 2.86. The molecule has 144 valence electrons. The van der Waals surface area contributed by atoms with Gasteiger partial charge in [0.25, 0.3) is 5.91 Å². The van der Waals surface area contributed by atoms with Crippen LogP contribution in [0.25, 0.3) is 0 Å². The summed E-state index contributed by atoms with van der Waals surface area (Å²) in [5.41, 5.74) is 1.12. The molecular weight excluding hydrogens is 366 g/mol. The Balaban J connectivity index is 1.62. The maximum atomic E-state index is 12.5. The van der Waals surface area contributed by atoms with Crippen LogP contribution in [0.2, 0.25) is 0 Å². The molecule has 3 rings (SSSR count). The van der Waals surface area contributed by atoms with Crippen molar-refractivity contribution in [1.29, 1.82) is 0 Å². The predicted molar refractivity (Wildman–Crippen MR) is 101 cm³/mol. The van der Waals surface area contributed by atoms with Gasteiger partial charge in [-0.2, -0.15) is 0 Å². The summed E-state index contributed by atoms with van der Waals surface area (Å²) in [7, 11) is -3.72. The lowest BCUT2D eigenvalue weighted by atomic mass is 10.0. The first-order valence-electron chi connectivity index (χ1n) is 8.89. The number of sulfonamides is 1. The molecule has 0 saturated carbocycles. The number of pyridine rings is 1. The van der Waals surface area contributed by atoms with Crippen molar-refractivity contribution in [2.24, 2.45) is 5.92 Å². The molecule has 0 radical (unpaired) electrons. The summed E-state index contributed by atoms with van der Waals surface area (Å²) in [5.74, 6) is 0.0170. The van der Waals surface area contributed by atoms with E-state index in [1.54, 1.807) is 36.7 Å². The molecule has 7 nitrogen and oxygen atoms in total. The van der Waals surface area contributed by atoms with Crippen LogP contribution in [0.1, 0.15) is 28.8 Å². The number of hydrogen-bond acceptors (Lipinski definition) is 5. The Labute approximate surface area is 159 Å². The highest BCUT2D eigenvalue weighted by atomic mass is 32.2. The Morgan fingerprint density at radius 2 is 2.04 bits per heavy atom. The Hall–Kier alpha value is -2.29. The minimum absolute atomic E-state index is 0.0604. The molecule has 1 aromatic carbocycles. The van der Waals surface area contributed by atoms with E-state index in [9.17, 15) is 13.2 Å². The first-order valence-corrected chi connectivity index (χ1v) is 10.4. The fourth-order valence-electron chi connectivity index (χ4n) is 2.87. The Kier molecular flexibility index (Phi) is 6.54. The number of aromatic nitrogens is 1. The van der Waals surface area contributed by atoms with Crippen LogP contribution in [0.5, 0.6) is 0 Å². The average Bonchev–Trinajstić information content (AvgIpc) is 2.72. The Morgan fingerprint density at radius 1 is 1.22 bits per heavy atom. The van der Waals surface area contributed by atoms with Crippen molar-refractivity contribution in [2.45, 2.75) is 24.3 Å². The molecule has 2 heterocycles. The van der Waals surface area contributed by atoms with Gasteiger partial charge in [0.1, 0.15) is 0 Å². The third-order valence-electron chi connectivity index (χ3n) is 4.43. The van der Waals surface area contributed by atoms with Crippen molar-refractivity contribution in [3.05, 3.63) is 59.9 Å². The second-order valence-electron chi connectivity index (χ2n) is 6.50. The quantitative estimate of drug-likeness (QED) is 0.751. The van der Waals surface area contributed by atoms with Gasteiger partial charge in [-0.1, -0.05) is 6.07 Å².